The van der Waals surface area contributed by atoms with Gasteiger partial charge in [-0.05, 0) is 29.2 Å². The molecule has 0 saturated heterocycles. The summed E-state index contributed by atoms with van der Waals surface area (Å²) >= 11 is 0. The van der Waals surface area contributed by atoms with Crippen LogP contribution in [0.5, 0.6) is 11.5 Å². The molecule has 0 aromatic heterocycles. The summed E-state index contributed by atoms with van der Waals surface area (Å²) in [5.74, 6) is 0.134. The number of rotatable bonds is 7. The smallest absolute Gasteiger partial charge is 0.385 e. The van der Waals surface area contributed by atoms with Crippen LogP contribution in [0.25, 0.3) is 12.2 Å². The van der Waals surface area contributed by atoms with E-state index in [1.165, 1.54) is 0 Å². The first-order valence-corrected chi connectivity index (χ1v) is 11.6. The van der Waals surface area contributed by atoms with E-state index in [4.69, 9.17) is 31.1 Å². The van der Waals surface area contributed by atoms with E-state index in [0.29, 0.717) is 11.1 Å². The highest BCUT2D eigenvalue weighted by molar-refractivity contribution is 7.54. The maximum atomic E-state index is 11.8. The Balaban J connectivity index is 2.58. The third-order valence-electron chi connectivity index (χ3n) is 3.45. The Labute approximate surface area is 158 Å². The van der Waals surface area contributed by atoms with Gasteiger partial charge in [0.1, 0.15) is 11.5 Å². The van der Waals surface area contributed by atoms with Gasteiger partial charge in [0.05, 0.1) is 0 Å². The van der Waals surface area contributed by atoms with Crippen molar-refractivity contribution in [3.63, 3.8) is 0 Å². The van der Waals surface area contributed by atoms with Crippen LogP contribution in [0, 0.1) is 0 Å². The highest BCUT2D eigenvalue weighted by Crippen LogP contribution is 2.45. The second-order valence-corrected chi connectivity index (χ2v) is 9.25. The molecule has 0 saturated carbocycles. The Morgan fingerprint density at radius 1 is 0.815 bits per heavy atom. The zero-order valence-corrected chi connectivity index (χ0v) is 16.9. The highest BCUT2D eigenvalue weighted by atomic mass is 31.2. The lowest BCUT2D eigenvalue weighted by Crippen LogP contribution is -2.14. The van der Waals surface area contributed by atoms with Crippen LogP contribution in [0.4, 0.5) is 0 Å². The molecular formula is C17H24N4O4P2. The third-order valence-corrected chi connectivity index (χ3v) is 4.42. The Morgan fingerprint density at radius 3 is 1.67 bits per heavy atom. The van der Waals surface area contributed by atoms with Gasteiger partial charge in [0, 0.05) is 5.56 Å². The lowest BCUT2D eigenvalue weighted by molar-refractivity contribution is 0.465. The topological polar surface area (TPSA) is 157 Å². The fraction of sp³-hybridized carbons (Fsp3) is 0.176. The Morgan fingerprint density at radius 2 is 1.26 bits per heavy atom. The van der Waals surface area contributed by atoms with Crippen molar-refractivity contribution in [2.24, 2.45) is 22.0 Å². The summed E-state index contributed by atoms with van der Waals surface area (Å²) in [7, 11) is -7.67. The van der Waals surface area contributed by atoms with Crippen LogP contribution in [-0.2, 0) is 9.13 Å². The zero-order chi connectivity index (χ0) is 20.2. The van der Waals surface area contributed by atoms with Crippen molar-refractivity contribution in [3.05, 3.63) is 59.2 Å². The molecule has 27 heavy (non-hydrogen) atoms. The predicted octanol–water partition coefficient (Wildman–Crippen LogP) is 3.79. The van der Waals surface area contributed by atoms with Crippen LogP contribution in [0.15, 0.2) is 42.5 Å². The molecule has 0 amide bonds. The lowest BCUT2D eigenvalue weighted by atomic mass is 9.98. The lowest BCUT2D eigenvalue weighted by Gasteiger charge is -2.21. The molecule has 0 fully saturated rings. The van der Waals surface area contributed by atoms with Crippen molar-refractivity contribution >= 4 is 27.5 Å². The van der Waals surface area contributed by atoms with Gasteiger partial charge in [-0.15, -0.1) is 0 Å². The standard InChI is InChI=1S/C17H24N4O4P2/c1-12(2)17-15(24-26(18,19)22)10-14(11-16(17)25-27(20,21)23)9-8-13-6-4-3-5-7-13/h3-12H,1-2H3,(H4,18,19,22)(H4,20,21,23)/b9-8+. The first kappa shape index (κ1) is 21.4. The van der Waals surface area contributed by atoms with E-state index in [0.717, 1.165) is 5.56 Å². The van der Waals surface area contributed by atoms with Gasteiger partial charge in [-0.2, -0.15) is 0 Å². The molecule has 0 spiro atoms. The molecule has 0 unspecified atom stereocenters. The van der Waals surface area contributed by atoms with Crippen molar-refractivity contribution in [1.82, 2.24) is 0 Å². The van der Waals surface area contributed by atoms with Crippen molar-refractivity contribution in [2.75, 3.05) is 0 Å². The van der Waals surface area contributed by atoms with Crippen molar-refractivity contribution in [1.29, 1.82) is 0 Å². The van der Waals surface area contributed by atoms with Gasteiger partial charge < -0.3 is 9.05 Å². The molecule has 2 aromatic carbocycles. The average Bonchev–Trinajstić information content (AvgIpc) is 2.50. The Hall–Kier alpha value is -1.92. The van der Waals surface area contributed by atoms with Gasteiger partial charge >= 0.3 is 15.3 Å². The molecule has 10 heteroatoms. The molecule has 146 valence electrons. The minimum absolute atomic E-state index is 0.150. The van der Waals surface area contributed by atoms with Crippen LogP contribution in [-0.4, -0.2) is 0 Å². The largest absolute Gasteiger partial charge is 0.422 e. The van der Waals surface area contributed by atoms with Gasteiger partial charge in [-0.25, -0.2) is 31.1 Å². The fourth-order valence-corrected chi connectivity index (χ4v) is 3.42. The molecule has 2 aromatic rings. The SMILES string of the molecule is CC(C)c1c(OP(N)(N)=O)cc(/C=C/c2ccccc2)cc1OP(N)(N)=O. The van der Waals surface area contributed by atoms with Crippen molar-refractivity contribution in [2.45, 2.75) is 19.8 Å². The number of benzene rings is 2. The first-order valence-electron chi connectivity index (χ1n) is 8.09. The van der Waals surface area contributed by atoms with E-state index in [1.807, 2.05) is 50.3 Å². The third kappa shape index (κ3) is 6.96. The summed E-state index contributed by atoms with van der Waals surface area (Å²) in [6.07, 6.45) is 3.63. The molecule has 0 heterocycles. The van der Waals surface area contributed by atoms with Gasteiger partial charge in [0.2, 0.25) is 0 Å². The quantitative estimate of drug-likeness (QED) is 0.397. The second-order valence-electron chi connectivity index (χ2n) is 6.30. The van der Waals surface area contributed by atoms with E-state index in [1.54, 1.807) is 18.2 Å². The van der Waals surface area contributed by atoms with Gasteiger partial charge in [-0.3, -0.25) is 0 Å². The highest BCUT2D eigenvalue weighted by Gasteiger charge is 2.23. The number of hydrogen-bond donors (Lipinski definition) is 4. The first-order chi connectivity index (χ1) is 12.4. The van der Waals surface area contributed by atoms with E-state index in [-0.39, 0.29) is 17.4 Å². The molecular weight excluding hydrogens is 386 g/mol. The molecule has 0 aliphatic carbocycles. The maximum Gasteiger partial charge on any atom is 0.385 e. The van der Waals surface area contributed by atoms with E-state index in [9.17, 15) is 9.13 Å². The summed E-state index contributed by atoms with van der Waals surface area (Å²) in [5.41, 5.74) is 23.5. The van der Waals surface area contributed by atoms with Gasteiger partial charge in [0.25, 0.3) is 0 Å². The molecule has 8 nitrogen and oxygen atoms in total. The molecule has 0 bridgehead atoms. The summed E-state index contributed by atoms with van der Waals surface area (Å²) < 4.78 is 34.2. The van der Waals surface area contributed by atoms with Crippen LogP contribution in [0.3, 0.4) is 0 Å². The average molecular weight is 410 g/mol. The maximum absolute atomic E-state index is 11.8. The van der Waals surface area contributed by atoms with E-state index >= 15 is 0 Å². The van der Waals surface area contributed by atoms with Gasteiger partial charge in [-0.1, -0.05) is 56.3 Å². The van der Waals surface area contributed by atoms with Crippen LogP contribution >= 0.6 is 15.3 Å². The summed E-state index contributed by atoms with van der Waals surface area (Å²) in [4.78, 5) is 0. The number of hydrogen-bond acceptors (Lipinski definition) is 4. The van der Waals surface area contributed by atoms with E-state index < -0.39 is 15.3 Å². The molecule has 0 radical (unpaired) electrons. The normalized spacial score (nSPS) is 12.6. The zero-order valence-electron chi connectivity index (χ0n) is 15.1. The van der Waals surface area contributed by atoms with Crippen LogP contribution in [0.2, 0.25) is 0 Å². The molecule has 0 atom stereocenters. The summed E-state index contributed by atoms with van der Waals surface area (Å²) in [6.45, 7) is 3.68. The molecule has 0 aliphatic rings. The molecule has 2 rings (SSSR count). The fourth-order valence-electron chi connectivity index (χ4n) is 2.50. The molecule has 0 aliphatic heterocycles. The Bertz CT molecular complexity index is 875. The monoisotopic (exact) mass is 410 g/mol. The summed E-state index contributed by atoms with van der Waals surface area (Å²) in [6, 6.07) is 12.8. The predicted molar refractivity (Wildman–Crippen MR) is 109 cm³/mol. The summed E-state index contributed by atoms with van der Waals surface area (Å²) in [5, 5.41) is 0. The minimum atomic E-state index is -3.83. The van der Waals surface area contributed by atoms with Gasteiger partial charge in [0.15, 0.2) is 0 Å². The Kier molecular flexibility index (Phi) is 6.65. The van der Waals surface area contributed by atoms with Crippen molar-refractivity contribution in [3.8, 4) is 11.5 Å². The van der Waals surface area contributed by atoms with E-state index in [2.05, 4.69) is 0 Å². The second kappa shape index (κ2) is 8.40. The number of nitrogens with two attached hydrogens (primary N) is 4. The molecule has 8 N–H and O–H groups in total. The van der Waals surface area contributed by atoms with Crippen LogP contribution < -0.4 is 31.1 Å². The van der Waals surface area contributed by atoms with Crippen LogP contribution in [0.1, 0.15) is 36.5 Å². The minimum Gasteiger partial charge on any atom is -0.422 e. The van der Waals surface area contributed by atoms with Crippen molar-refractivity contribution < 1.29 is 18.2 Å².